The van der Waals surface area contributed by atoms with Crippen molar-refractivity contribution in [3.63, 3.8) is 0 Å². The summed E-state index contributed by atoms with van der Waals surface area (Å²) in [6.07, 6.45) is 2.54. The summed E-state index contributed by atoms with van der Waals surface area (Å²) in [6, 6.07) is 16.4. The molecular weight excluding hydrogens is 350 g/mol. The standard InChI is InChI=1S/C20H20ClN3O2/c1-2-12-26-18-13-16(19(25)15-10-6-7-11-17(15)21)20(22)23-24(18)14-8-4-3-5-9-14/h3-11,13,16H,2,12H2,1H3,(H2,22,23). The van der Waals surface area contributed by atoms with Crippen molar-refractivity contribution in [2.75, 3.05) is 11.6 Å². The summed E-state index contributed by atoms with van der Waals surface area (Å²) in [6.45, 7) is 2.53. The molecule has 5 nitrogen and oxygen atoms in total. The molecular formula is C20H20ClN3O2. The summed E-state index contributed by atoms with van der Waals surface area (Å²) in [4.78, 5) is 12.9. The Labute approximate surface area is 157 Å². The Balaban J connectivity index is 1.96. The van der Waals surface area contributed by atoms with E-state index in [1.54, 1.807) is 35.4 Å². The van der Waals surface area contributed by atoms with Crippen molar-refractivity contribution in [2.24, 2.45) is 16.8 Å². The Morgan fingerprint density at radius 3 is 2.58 bits per heavy atom. The molecule has 0 fully saturated rings. The first-order valence-electron chi connectivity index (χ1n) is 8.44. The molecule has 6 heteroatoms. The number of nitrogens with zero attached hydrogens (tertiary/aromatic N) is 2. The van der Waals surface area contributed by atoms with Crippen LogP contribution >= 0.6 is 11.6 Å². The monoisotopic (exact) mass is 369 g/mol. The molecule has 0 saturated heterocycles. The number of ether oxygens (including phenoxy) is 1. The lowest BCUT2D eigenvalue weighted by atomic mass is 9.95. The fourth-order valence-electron chi connectivity index (χ4n) is 2.63. The molecule has 0 amide bonds. The Morgan fingerprint density at radius 1 is 1.19 bits per heavy atom. The van der Waals surface area contributed by atoms with Crippen LogP contribution in [0.3, 0.4) is 0 Å². The zero-order valence-corrected chi connectivity index (χ0v) is 15.2. The van der Waals surface area contributed by atoms with Crippen molar-refractivity contribution in [1.29, 1.82) is 0 Å². The molecule has 0 aromatic heterocycles. The fraction of sp³-hybridized carbons (Fsp3) is 0.200. The number of hydrogen-bond donors (Lipinski definition) is 1. The maximum atomic E-state index is 12.9. The van der Waals surface area contributed by atoms with E-state index in [1.807, 2.05) is 37.3 Å². The second kappa shape index (κ2) is 8.06. The lowest BCUT2D eigenvalue weighted by Crippen LogP contribution is -2.37. The molecule has 2 aromatic carbocycles. The minimum absolute atomic E-state index is 0.197. The minimum Gasteiger partial charge on any atom is -0.478 e. The number of hydrazone groups is 1. The lowest BCUT2D eigenvalue weighted by Gasteiger charge is -2.28. The number of carbonyl (C=O) groups is 1. The van der Waals surface area contributed by atoms with Crippen LogP contribution in [0.4, 0.5) is 5.69 Å². The van der Waals surface area contributed by atoms with E-state index in [9.17, 15) is 4.79 Å². The highest BCUT2D eigenvalue weighted by Crippen LogP contribution is 2.28. The van der Waals surface area contributed by atoms with Gasteiger partial charge in [-0.3, -0.25) is 4.79 Å². The number of amidine groups is 1. The van der Waals surface area contributed by atoms with E-state index in [4.69, 9.17) is 22.1 Å². The van der Waals surface area contributed by atoms with Crippen LogP contribution < -0.4 is 10.7 Å². The average molecular weight is 370 g/mol. The summed E-state index contributed by atoms with van der Waals surface area (Å²) >= 11 is 6.17. The molecule has 2 aromatic rings. The quantitative estimate of drug-likeness (QED) is 0.775. The van der Waals surface area contributed by atoms with Crippen molar-refractivity contribution in [3.05, 3.63) is 77.1 Å². The number of halogens is 1. The molecule has 0 saturated carbocycles. The summed E-state index contributed by atoms with van der Waals surface area (Å²) in [7, 11) is 0. The first-order chi connectivity index (χ1) is 12.6. The van der Waals surface area contributed by atoms with Crippen LogP contribution in [-0.2, 0) is 4.74 Å². The van der Waals surface area contributed by atoms with Gasteiger partial charge in [0.2, 0.25) is 5.88 Å². The molecule has 1 unspecified atom stereocenters. The van der Waals surface area contributed by atoms with Gasteiger partial charge in [0.25, 0.3) is 0 Å². The molecule has 1 aliphatic rings. The van der Waals surface area contributed by atoms with Gasteiger partial charge in [-0.1, -0.05) is 48.9 Å². The van der Waals surface area contributed by atoms with E-state index in [2.05, 4.69) is 5.10 Å². The number of Topliss-reactive ketones (excluding diaryl/α,β-unsaturated/α-hetero) is 1. The SMILES string of the molecule is CCCOC1=CC(C(=O)c2ccccc2Cl)C(N)=NN1c1ccccc1. The van der Waals surface area contributed by atoms with E-state index < -0.39 is 5.92 Å². The van der Waals surface area contributed by atoms with Gasteiger partial charge < -0.3 is 10.5 Å². The predicted molar refractivity (Wildman–Crippen MR) is 104 cm³/mol. The molecule has 26 heavy (non-hydrogen) atoms. The molecule has 0 spiro atoms. The first-order valence-corrected chi connectivity index (χ1v) is 8.82. The number of ketones is 1. The van der Waals surface area contributed by atoms with Gasteiger partial charge in [-0.15, -0.1) is 0 Å². The molecule has 0 bridgehead atoms. The maximum Gasteiger partial charge on any atom is 0.212 e. The van der Waals surface area contributed by atoms with Gasteiger partial charge >= 0.3 is 0 Å². The molecule has 1 heterocycles. The van der Waals surface area contributed by atoms with Crippen LogP contribution in [-0.4, -0.2) is 18.2 Å². The van der Waals surface area contributed by atoms with Crippen LogP contribution in [0.5, 0.6) is 0 Å². The van der Waals surface area contributed by atoms with Gasteiger partial charge in [-0.05, 0) is 36.8 Å². The minimum atomic E-state index is -0.721. The second-order valence-electron chi connectivity index (χ2n) is 5.85. The Hall–Kier alpha value is -2.79. The van der Waals surface area contributed by atoms with Crippen molar-refractivity contribution < 1.29 is 9.53 Å². The van der Waals surface area contributed by atoms with Gasteiger partial charge in [0.1, 0.15) is 11.8 Å². The highest BCUT2D eigenvalue weighted by molar-refractivity contribution is 6.34. The summed E-state index contributed by atoms with van der Waals surface area (Å²) < 4.78 is 5.83. The van der Waals surface area contributed by atoms with E-state index >= 15 is 0 Å². The third kappa shape index (κ3) is 3.73. The third-order valence-corrected chi connectivity index (χ3v) is 4.26. The van der Waals surface area contributed by atoms with Crippen LogP contribution in [0, 0.1) is 5.92 Å². The van der Waals surface area contributed by atoms with E-state index in [1.165, 1.54) is 0 Å². The summed E-state index contributed by atoms with van der Waals surface area (Å²) in [5.74, 6) is -0.246. The number of rotatable bonds is 6. The van der Waals surface area contributed by atoms with Crippen molar-refractivity contribution in [3.8, 4) is 0 Å². The van der Waals surface area contributed by atoms with Crippen LogP contribution in [0.25, 0.3) is 0 Å². The van der Waals surface area contributed by atoms with Crippen molar-refractivity contribution in [1.82, 2.24) is 0 Å². The second-order valence-corrected chi connectivity index (χ2v) is 6.25. The van der Waals surface area contributed by atoms with Crippen LogP contribution in [0.1, 0.15) is 23.7 Å². The fourth-order valence-corrected chi connectivity index (χ4v) is 2.86. The number of benzene rings is 2. The Bertz CT molecular complexity index is 849. The highest BCUT2D eigenvalue weighted by Gasteiger charge is 2.31. The number of anilines is 1. The lowest BCUT2D eigenvalue weighted by molar-refractivity contribution is 0.0966. The molecule has 134 valence electrons. The molecule has 3 rings (SSSR count). The molecule has 1 atom stereocenters. The summed E-state index contributed by atoms with van der Waals surface area (Å²) in [5.41, 5.74) is 7.35. The smallest absolute Gasteiger partial charge is 0.212 e. The summed E-state index contributed by atoms with van der Waals surface area (Å²) in [5, 5.41) is 6.42. The first kappa shape index (κ1) is 18.0. The topological polar surface area (TPSA) is 67.9 Å². The van der Waals surface area contributed by atoms with Crippen molar-refractivity contribution >= 4 is 28.9 Å². The van der Waals surface area contributed by atoms with E-state index in [0.29, 0.717) is 23.1 Å². The molecule has 2 N–H and O–H groups in total. The molecule has 0 radical (unpaired) electrons. The molecule has 0 aliphatic carbocycles. The van der Waals surface area contributed by atoms with Gasteiger partial charge in [0.05, 0.1) is 17.3 Å². The van der Waals surface area contributed by atoms with Crippen LogP contribution in [0.2, 0.25) is 5.02 Å². The normalized spacial score (nSPS) is 16.7. The number of carbonyl (C=O) groups excluding carboxylic acids is 1. The average Bonchev–Trinajstić information content (AvgIpc) is 2.67. The predicted octanol–water partition coefficient (Wildman–Crippen LogP) is 4.20. The zero-order valence-electron chi connectivity index (χ0n) is 14.4. The maximum absolute atomic E-state index is 12.9. The number of para-hydroxylation sites is 1. The van der Waals surface area contributed by atoms with Gasteiger partial charge in [0, 0.05) is 5.56 Å². The number of hydrogen-bond acceptors (Lipinski definition) is 5. The van der Waals surface area contributed by atoms with Gasteiger partial charge in [0.15, 0.2) is 5.78 Å². The van der Waals surface area contributed by atoms with Gasteiger partial charge in [-0.25, -0.2) is 0 Å². The number of nitrogens with two attached hydrogens (primary N) is 1. The Kier molecular flexibility index (Phi) is 5.58. The third-order valence-electron chi connectivity index (χ3n) is 3.93. The Morgan fingerprint density at radius 2 is 1.88 bits per heavy atom. The van der Waals surface area contributed by atoms with Gasteiger partial charge in [-0.2, -0.15) is 10.1 Å². The molecule has 1 aliphatic heterocycles. The van der Waals surface area contributed by atoms with Crippen molar-refractivity contribution in [2.45, 2.75) is 13.3 Å². The van der Waals surface area contributed by atoms with Crippen LogP contribution in [0.15, 0.2) is 71.7 Å². The largest absolute Gasteiger partial charge is 0.478 e. The van der Waals surface area contributed by atoms with E-state index in [0.717, 1.165) is 12.1 Å². The zero-order chi connectivity index (χ0) is 18.5. The highest BCUT2D eigenvalue weighted by atomic mass is 35.5. The van der Waals surface area contributed by atoms with E-state index in [-0.39, 0.29) is 11.6 Å².